The third kappa shape index (κ3) is 4.78. The fraction of sp³-hybridized carbons (Fsp3) is 0.688. The Labute approximate surface area is 142 Å². The zero-order valence-electron chi connectivity index (χ0n) is 14.5. The Morgan fingerprint density at radius 2 is 2.08 bits per heavy atom. The Balaban J connectivity index is 2.12. The highest BCUT2D eigenvalue weighted by atomic mass is 16.5. The van der Waals surface area contributed by atoms with Crippen LogP contribution in [0, 0.1) is 0 Å². The van der Waals surface area contributed by atoms with Crippen LogP contribution < -0.4 is 16.4 Å². The molecule has 0 saturated heterocycles. The molecule has 24 heavy (non-hydrogen) atoms. The van der Waals surface area contributed by atoms with Gasteiger partial charge in [-0.2, -0.15) is 4.98 Å². The summed E-state index contributed by atoms with van der Waals surface area (Å²) in [6.45, 7) is 3.50. The second-order valence-electron chi connectivity index (χ2n) is 6.84. The molecule has 1 heterocycles. The molecule has 0 unspecified atom stereocenters. The van der Waals surface area contributed by atoms with Gasteiger partial charge in [0, 0.05) is 19.3 Å². The van der Waals surface area contributed by atoms with Gasteiger partial charge in [-0.05, 0) is 39.5 Å². The van der Waals surface area contributed by atoms with Crippen molar-refractivity contribution in [3.8, 4) is 0 Å². The number of hydrogen-bond donors (Lipinski definition) is 4. The number of aromatic nitrogens is 2. The topological polar surface area (TPSA) is 122 Å². The van der Waals surface area contributed by atoms with E-state index in [0.29, 0.717) is 17.9 Å². The zero-order valence-corrected chi connectivity index (χ0v) is 14.5. The largest absolute Gasteiger partial charge is 0.394 e. The molecule has 0 aromatic carbocycles. The number of ether oxygens (including phenoxy) is 1. The molecule has 1 aliphatic carbocycles. The maximum atomic E-state index is 11.6. The first-order valence-electron chi connectivity index (χ1n) is 8.20. The van der Waals surface area contributed by atoms with E-state index in [1.807, 2.05) is 0 Å². The van der Waals surface area contributed by atoms with Crippen LogP contribution in [0.25, 0.3) is 0 Å². The average molecular weight is 337 g/mol. The van der Waals surface area contributed by atoms with E-state index in [4.69, 9.17) is 10.5 Å². The van der Waals surface area contributed by atoms with Crippen LogP contribution in [0.4, 0.5) is 11.8 Å². The van der Waals surface area contributed by atoms with Gasteiger partial charge in [-0.3, -0.25) is 4.79 Å². The number of rotatable bonds is 7. The van der Waals surface area contributed by atoms with Crippen LogP contribution >= 0.6 is 0 Å². The predicted octanol–water partition coefficient (Wildman–Crippen LogP) is 1.13. The smallest absolute Gasteiger partial charge is 0.254 e. The second-order valence-corrected chi connectivity index (χ2v) is 6.84. The summed E-state index contributed by atoms with van der Waals surface area (Å²) in [5, 5.41) is 15.8. The van der Waals surface area contributed by atoms with Crippen LogP contribution in [0.3, 0.4) is 0 Å². The number of primary amides is 1. The van der Waals surface area contributed by atoms with Crippen LogP contribution in [0.15, 0.2) is 6.20 Å². The van der Waals surface area contributed by atoms with Crippen molar-refractivity contribution in [1.82, 2.24) is 9.97 Å². The number of aliphatic hydroxyl groups is 1. The first kappa shape index (κ1) is 18.4. The van der Waals surface area contributed by atoms with Crippen molar-refractivity contribution in [2.24, 2.45) is 5.73 Å². The number of nitrogens with one attached hydrogen (secondary N) is 2. The summed E-state index contributed by atoms with van der Waals surface area (Å²) in [4.78, 5) is 20.1. The van der Waals surface area contributed by atoms with Crippen molar-refractivity contribution in [3.05, 3.63) is 11.8 Å². The van der Waals surface area contributed by atoms with Gasteiger partial charge in [0.2, 0.25) is 5.95 Å². The van der Waals surface area contributed by atoms with Gasteiger partial charge in [0.25, 0.3) is 5.91 Å². The summed E-state index contributed by atoms with van der Waals surface area (Å²) in [6, 6.07) is 0.273. The molecule has 0 aliphatic heterocycles. The van der Waals surface area contributed by atoms with E-state index in [9.17, 15) is 9.90 Å². The first-order chi connectivity index (χ1) is 11.3. The van der Waals surface area contributed by atoms with Crippen molar-refractivity contribution < 1.29 is 14.6 Å². The van der Waals surface area contributed by atoms with E-state index >= 15 is 0 Å². The highest BCUT2D eigenvalue weighted by Gasteiger charge is 2.24. The van der Waals surface area contributed by atoms with E-state index < -0.39 is 11.4 Å². The Morgan fingerprint density at radius 3 is 2.62 bits per heavy atom. The molecule has 0 spiro atoms. The maximum Gasteiger partial charge on any atom is 0.254 e. The van der Waals surface area contributed by atoms with E-state index in [1.165, 1.54) is 6.20 Å². The van der Waals surface area contributed by atoms with E-state index in [0.717, 1.165) is 25.7 Å². The number of aliphatic hydroxyl groups excluding tert-OH is 1. The Morgan fingerprint density at radius 1 is 1.42 bits per heavy atom. The average Bonchev–Trinajstić information content (AvgIpc) is 2.55. The van der Waals surface area contributed by atoms with Crippen LogP contribution in [0.5, 0.6) is 0 Å². The minimum atomic E-state index is -0.633. The quantitative estimate of drug-likeness (QED) is 0.588. The molecule has 1 saturated carbocycles. The monoisotopic (exact) mass is 337 g/mol. The number of anilines is 2. The molecular formula is C16H27N5O3. The lowest BCUT2D eigenvalue weighted by Crippen LogP contribution is -2.36. The summed E-state index contributed by atoms with van der Waals surface area (Å²) in [5.41, 5.74) is 4.95. The van der Waals surface area contributed by atoms with Crippen molar-refractivity contribution in [1.29, 1.82) is 0 Å². The maximum absolute atomic E-state index is 11.6. The molecular weight excluding hydrogens is 310 g/mol. The number of hydrogen-bond acceptors (Lipinski definition) is 7. The van der Waals surface area contributed by atoms with Gasteiger partial charge >= 0.3 is 0 Å². The molecule has 1 aromatic heterocycles. The zero-order chi connectivity index (χ0) is 17.7. The first-order valence-corrected chi connectivity index (χ1v) is 8.20. The number of nitrogens with two attached hydrogens (primary N) is 1. The molecule has 0 radical (unpaired) electrons. The summed E-state index contributed by atoms with van der Waals surface area (Å²) in [7, 11) is 1.74. The highest BCUT2D eigenvalue weighted by Crippen LogP contribution is 2.24. The molecule has 8 nitrogen and oxygen atoms in total. The number of amides is 1. The van der Waals surface area contributed by atoms with Crippen molar-refractivity contribution in [2.75, 3.05) is 24.4 Å². The van der Waals surface area contributed by atoms with E-state index in [1.54, 1.807) is 21.0 Å². The number of carbonyl (C=O) groups excluding carboxylic acids is 1. The molecule has 1 aromatic rings. The van der Waals surface area contributed by atoms with Gasteiger partial charge < -0.3 is 26.2 Å². The van der Waals surface area contributed by atoms with Gasteiger partial charge in [-0.25, -0.2) is 4.98 Å². The lowest BCUT2D eigenvalue weighted by molar-refractivity contribution is 0.0681. The SMILES string of the molecule is CO[C@H]1CC[C@H](Nc2ncc(C(N)=O)c(NC(C)(C)CO)n2)CC1. The molecule has 1 fully saturated rings. The third-order valence-electron chi connectivity index (χ3n) is 4.25. The van der Waals surface area contributed by atoms with Crippen LogP contribution in [-0.2, 0) is 4.74 Å². The summed E-state index contributed by atoms with van der Waals surface area (Å²) in [6.07, 6.45) is 5.68. The summed E-state index contributed by atoms with van der Waals surface area (Å²) in [5.74, 6) is 0.153. The fourth-order valence-corrected chi connectivity index (χ4v) is 2.71. The fourth-order valence-electron chi connectivity index (χ4n) is 2.71. The van der Waals surface area contributed by atoms with Gasteiger partial charge in [0.05, 0.1) is 23.8 Å². The van der Waals surface area contributed by atoms with Crippen molar-refractivity contribution in [3.63, 3.8) is 0 Å². The Hall–Kier alpha value is -1.93. The molecule has 1 amide bonds. The lowest BCUT2D eigenvalue weighted by Gasteiger charge is -2.29. The van der Waals surface area contributed by atoms with Gasteiger partial charge in [-0.1, -0.05) is 0 Å². The molecule has 8 heteroatoms. The summed E-state index contributed by atoms with van der Waals surface area (Å²) >= 11 is 0. The number of nitrogens with zero attached hydrogens (tertiary/aromatic N) is 2. The van der Waals surface area contributed by atoms with E-state index in [-0.39, 0.29) is 18.2 Å². The Bertz CT molecular complexity index is 571. The third-order valence-corrected chi connectivity index (χ3v) is 4.25. The Kier molecular flexibility index (Phi) is 5.95. The van der Waals surface area contributed by atoms with Crippen molar-refractivity contribution >= 4 is 17.7 Å². The minimum Gasteiger partial charge on any atom is -0.394 e. The van der Waals surface area contributed by atoms with Crippen LogP contribution in [0.1, 0.15) is 49.9 Å². The van der Waals surface area contributed by atoms with E-state index in [2.05, 4.69) is 20.6 Å². The lowest BCUT2D eigenvalue weighted by atomic mass is 9.93. The van der Waals surface area contributed by atoms with Crippen molar-refractivity contribution in [2.45, 2.75) is 57.2 Å². The summed E-state index contributed by atoms with van der Waals surface area (Å²) < 4.78 is 5.37. The van der Waals surface area contributed by atoms with Crippen LogP contribution in [-0.4, -0.2) is 52.4 Å². The number of carbonyl (C=O) groups is 1. The standard InChI is InChI=1S/C16H27N5O3/c1-16(2,9-22)21-14-12(13(17)23)8-18-15(20-14)19-10-4-6-11(24-3)7-5-10/h8,10-11,22H,4-7,9H2,1-3H3,(H2,17,23)(H2,18,19,20,21)/t10-,11-. The molecule has 5 N–H and O–H groups in total. The number of methoxy groups -OCH3 is 1. The molecule has 1 aliphatic rings. The second kappa shape index (κ2) is 7.76. The van der Waals surface area contributed by atoms with Gasteiger partial charge in [0.1, 0.15) is 5.82 Å². The molecule has 2 rings (SSSR count). The molecule has 134 valence electrons. The van der Waals surface area contributed by atoms with Gasteiger partial charge in [0.15, 0.2) is 0 Å². The minimum absolute atomic E-state index is 0.112. The molecule has 0 bridgehead atoms. The van der Waals surface area contributed by atoms with Crippen LogP contribution in [0.2, 0.25) is 0 Å². The predicted molar refractivity (Wildman–Crippen MR) is 92.0 cm³/mol. The van der Waals surface area contributed by atoms with Gasteiger partial charge in [-0.15, -0.1) is 0 Å². The normalized spacial score (nSPS) is 21.3. The molecule has 0 atom stereocenters. The highest BCUT2D eigenvalue weighted by molar-refractivity contribution is 5.97.